The number of nitrogens with zero attached hydrogens (tertiary/aromatic N) is 3. The minimum absolute atomic E-state index is 0.0517. The quantitative estimate of drug-likeness (QED) is 0.689. The zero-order chi connectivity index (χ0) is 22.3. The molecule has 164 valence electrons. The van der Waals surface area contributed by atoms with Gasteiger partial charge in [-0.15, -0.1) is 0 Å². The molecule has 2 fully saturated rings. The molecule has 1 spiro atoms. The third-order valence-corrected chi connectivity index (χ3v) is 5.92. The van der Waals surface area contributed by atoms with Crippen molar-refractivity contribution in [2.45, 2.75) is 57.8 Å². The standard InChI is InChI=1S/C22H31N3O5/c1-15-23(5)19(27)22(11-13-24(14-12-22)20(28)30-21(2,3)4)25(15)17-9-7-16(8-10-17)18(26)29-6/h7-10,15H,11-14H2,1-6H3. The van der Waals surface area contributed by atoms with Crippen molar-refractivity contribution in [2.24, 2.45) is 0 Å². The van der Waals surface area contributed by atoms with Crippen molar-refractivity contribution < 1.29 is 23.9 Å². The number of likely N-dealkylation sites (tertiary alicyclic amines) is 1. The Hall–Kier alpha value is -2.77. The largest absolute Gasteiger partial charge is 0.465 e. The van der Waals surface area contributed by atoms with Gasteiger partial charge in [0.1, 0.15) is 17.3 Å². The second kappa shape index (κ2) is 7.81. The van der Waals surface area contributed by atoms with Crippen LogP contribution in [0.25, 0.3) is 0 Å². The van der Waals surface area contributed by atoms with Crippen LogP contribution in [0, 0.1) is 0 Å². The van der Waals surface area contributed by atoms with Crippen molar-refractivity contribution in [3.8, 4) is 0 Å². The average molecular weight is 418 g/mol. The van der Waals surface area contributed by atoms with Crippen molar-refractivity contribution in [1.29, 1.82) is 0 Å². The lowest BCUT2D eigenvalue weighted by atomic mass is 9.85. The summed E-state index contributed by atoms with van der Waals surface area (Å²) in [6.07, 6.45) is 0.532. The van der Waals surface area contributed by atoms with Crippen LogP contribution in [-0.4, -0.2) is 72.3 Å². The summed E-state index contributed by atoms with van der Waals surface area (Å²) in [5.74, 6) is -0.347. The summed E-state index contributed by atoms with van der Waals surface area (Å²) in [6.45, 7) is 8.39. The molecule has 0 saturated carbocycles. The first-order valence-corrected chi connectivity index (χ1v) is 10.2. The fourth-order valence-electron chi connectivity index (χ4n) is 4.31. The number of amides is 2. The molecule has 0 aromatic heterocycles. The molecule has 2 aliphatic heterocycles. The maximum atomic E-state index is 13.3. The third kappa shape index (κ3) is 3.82. The summed E-state index contributed by atoms with van der Waals surface area (Å²) in [7, 11) is 3.15. The molecule has 0 N–H and O–H groups in total. The van der Waals surface area contributed by atoms with Crippen molar-refractivity contribution in [3.63, 3.8) is 0 Å². The van der Waals surface area contributed by atoms with Gasteiger partial charge in [0.25, 0.3) is 0 Å². The molecule has 2 heterocycles. The van der Waals surface area contributed by atoms with Crippen LogP contribution in [0.3, 0.4) is 0 Å². The Morgan fingerprint density at radius 2 is 1.67 bits per heavy atom. The van der Waals surface area contributed by atoms with Gasteiger partial charge in [-0.2, -0.15) is 0 Å². The van der Waals surface area contributed by atoms with Crippen LogP contribution in [0.1, 0.15) is 50.9 Å². The second-order valence-corrected chi connectivity index (χ2v) is 8.96. The van der Waals surface area contributed by atoms with E-state index in [-0.39, 0.29) is 18.2 Å². The molecule has 1 aromatic rings. The van der Waals surface area contributed by atoms with Gasteiger partial charge in [-0.1, -0.05) is 0 Å². The number of carbonyl (C=O) groups excluding carboxylic acids is 3. The number of hydrogen-bond donors (Lipinski definition) is 0. The summed E-state index contributed by atoms with van der Waals surface area (Å²) >= 11 is 0. The molecule has 0 bridgehead atoms. The van der Waals surface area contributed by atoms with Crippen LogP contribution in [-0.2, 0) is 14.3 Å². The van der Waals surface area contributed by atoms with Crippen LogP contribution < -0.4 is 4.90 Å². The van der Waals surface area contributed by atoms with Crippen molar-refractivity contribution >= 4 is 23.7 Å². The van der Waals surface area contributed by atoms with E-state index in [9.17, 15) is 14.4 Å². The number of hydrogen-bond acceptors (Lipinski definition) is 6. The van der Waals surface area contributed by atoms with Crippen molar-refractivity contribution in [2.75, 3.05) is 32.1 Å². The number of carbonyl (C=O) groups is 3. The molecule has 8 heteroatoms. The predicted octanol–water partition coefficient (Wildman–Crippen LogP) is 2.87. The molecule has 0 radical (unpaired) electrons. The molecule has 0 aliphatic carbocycles. The van der Waals surface area contributed by atoms with E-state index in [0.717, 1.165) is 5.69 Å². The highest BCUT2D eigenvalue weighted by molar-refractivity contribution is 5.95. The maximum absolute atomic E-state index is 13.3. The first-order chi connectivity index (χ1) is 14.0. The average Bonchev–Trinajstić information content (AvgIpc) is 2.88. The molecule has 1 unspecified atom stereocenters. The number of rotatable bonds is 2. The molecule has 2 saturated heterocycles. The van der Waals surface area contributed by atoms with E-state index >= 15 is 0 Å². The highest BCUT2D eigenvalue weighted by atomic mass is 16.6. The number of esters is 1. The SMILES string of the molecule is COC(=O)c1ccc(N2C(C)N(C)C(=O)C23CCN(C(=O)OC(C)(C)C)CC3)cc1. The van der Waals surface area contributed by atoms with Gasteiger partial charge in [-0.3, -0.25) is 4.79 Å². The van der Waals surface area contributed by atoms with E-state index in [1.165, 1.54) is 7.11 Å². The third-order valence-electron chi connectivity index (χ3n) is 5.92. The van der Waals surface area contributed by atoms with Gasteiger partial charge in [0.2, 0.25) is 5.91 Å². The Morgan fingerprint density at radius 1 is 1.10 bits per heavy atom. The number of anilines is 1. The van der Waals surface area contributed by atoms with Crippen LogP contribution >= 0.6 is 0 Å². The smallest absolute Gasteiger partial charge is 0.410 e. The number of piperidine rings is 1. The van der Waals surface area contributed by atoms with E-state index in [1.54, 1.807) is 29.0 Å². The molecular weight excluding hydrogens is 386 g/mol. The zero-order valence-electron chi connectivity index (χ0n) is 18.6. The minimum Gasteiger partial charge on any atom is -0.465 e. The summed E-state index contributed by atoms with van der Waals surface area (Å²) in [4.78, 5) is 43.0. The summed E-state index contributed by atoms with van der Waals surface area (Å²) in [5, 5.41) is 0. The lowest BCUT2D eigenvalue weighted by molar-refractivity contribution is -0.133. The molecule has 2 aliphatic rings. The van der Waals surface area contributed by atoms with E-state index in [0.29, 0.717) is 31.5 Å². The summed E-state index contributed by atoms with van der Waals surface area (Å²) in [6, 6.07) is 7.11. The Kier molecular flexibility index (Phi) is 5.71. The van der Waals surface area contributed by atoms with Crippen molar-refractivity contribution in [1.82, 2.24) is 9.80 Å². The molecule has 30 heavy (non-hydrogen) atoms. The van der Waals surface area contributed by atoms with Gasteiger partial charge in [0.15, 0.2) is 0 Å². The Balaban J connectivity index is 1.84. The second-order valence-electron chi connectivity index (χ2n) is 8.96. The van der Waals surface area contributed by atoms with Crippen LogP contribution in [0.4, 0.5) is 10.5 Å². The molecule has 1 aromatic carbocycles. The summed E-state index contributed by atoms with van der Waals surface area (Å²) in [5.41, 5.74) is 0.0388. The van der Waals surface area contributed by atoms with Gasteiger partial charge in [0.05, 0.1) is 12.7 Å². The Morgan fingerprint density at radius 3 is 2.17 bits per heavy atom. The van der Waals surface area contributed by atoms with Gasteiger partial charge < -0.3 is 24.2 Å². The topological polar surface area (TPSA) is 79.4 Å². The lowest BCUT2D eigenvalue weighted by Crippen LogP contribution is -2.58. The van der Waals surface area contributed by atoms with Crippen LogP contribution in [0.5, 0.6) is 0 Å². The van der Waals surface area contributed by atoms with Crippen molar-refractivity contribution in [3.05, 3.63) is 29.8 Å². The summed E-state index contributed by atoms with van der Waals surface area (Å²) < 4.78 is 10.3. The van der Waals surface area contributed by atoms with Gasteiger partial charge in [0, 0.05) is 25.8 Å². The maximum Gasteiger partial charge on any atom is 0.410 e. The van der Waals surface area contributed by atoms with E-state index in [1.807, 2.05) is 39.8 Å². The molecule has 2 amide bonds. The minimum atomic E-state index is -0.723. The number of benzene rings is 1. The fourth-order valence-corrected chi connectivity index (χ4v) is 4.31. The number of methoxy groups -OCH3 is 1. The van der Waals surface area contributed by atoms with Gasteiger partial charge in [-0.05, 0) is 64.8 Å². The predicted molar refractivity (Wildman–Crippen MR) is 112 cm³/mol. The highest BCUT2D eigenvalue weighted by Crippen LogP contribution is 2.42. The number of likely N-dealkylation sites (N-methyl/N-ethyl adjacent to an activating group) is 1. The first kappa shape index (κ1) is 21.9. The first-order valence-electron chi connectivity index (χ1n) is 10.2. The highest BCUT2D eigenvalue weighted by Gasteiger charge is 2.56. The van der Waals surface area contributed by atoms with Crippen LogP contribution in [0.15, 0.2) is 24.3 Å². The Labute approximate surface area is 177 Å². The normalized spacial score (nSPS) is 21.2. The lowest BCUT2D eigenvalue weighted by Gasteiger charge is -2.44. The van der Waals surface area contributed by atoms with Crippen LogP contribution in [0.2, 0.25) is 0 Å². The molecule has 1 atom stereocenters. The van der Waals surface area contributed by atoms with Gasteiger partial charge in [-0.25, -0.2) is 9.59 Å². The van der Waals surface area contributed by atoms with E-state index in [4.69, 9.17) is 9.47 Å². The Bertz CT molecular complexity index is 822. The molecular formula is C22H31N3O5. The van der Waals surface area contributed by atoms with E-state index < -0.39 is 17.1 Å². The monoisotopic (exact) mass is 417 g/mol. The van der Waals surface area contributed by atoms with Gasteiger partial charge >= 0.3 is 12.1 Å². The zero-order valence-corrected chi connectivity index (χ0v) is 18.6. The number of ether oxygens (including phenoxy) is 2. The fraction of sp³-hybridized carbons (Fsp3) is 0.591. The van der Waals surface area contributed by atoms with E-state index in [2.05, 4.69) is 4.90 Å². The molecule has 3 rings (SSSR count). The molecule has 8 nitrogen and oxygen atoms in total.